The molecule has 3 aromatic rings. The van der Waals surface area contributed by atoms with Gasteiger partial charge in [0.25, 0.3) is 11.5 Å². The van der Waals surface area contributed by atoms with Crippen molar-refractivity contribution < 1.29 is 9.59 Å². The summed E-state index contributed by atoms with van der Waals surface area (Å²) in [5, 5.41) is 10.4. The van der Waals surface area contributed by atoms with Gasteiger partial charge in [-0.1, -0.05) is 50.2 Å². The van der Waals surface area contributed by atoms with E-state index in [0.29, 0.717) is 10.8 Å². The molecule has 0 saturated heterocycles. The molecule has 3 rings (SSSR count). The number of fused-ring (bicyclic) bond motifs is 1. The fourth-order valence-corrected chi connectivity index (χ4v) is 3.35. The standard InChI is InChI=1S/C22H24N4O3/c1-4-14-9-8-10-15(5-2)19(14)24-18(27)13-26-22(29)17-12-7-6-11-16(17)20(25-26)21(28)23-3/h6-12H,4-5,13H2,1-3H3,(H,23,28)(H,24,27). The highest BCUT2D eigenvalue weighted by Gasteiger charge is 2.18. The first kappa shape index (κ1) is 20.3. The van der Waals surface area contributed by atoms with E-state index in [4.69, 9.17) is 0 Å². The molecule has 0 aliphatic heterocycles. The van der Waals surface area contributed by atoms with Crippen LogP contribution < -0.4 is 16.2 Å². The molecule has 2 aromatic carbocycles. The van der Waals surface area contributed by atoms with E-state index in [1.165, 1.54) is 7.05 Å². The van der Waals surface area contributed by atoms with Gasteiger partial charge in [-0.15, -0.1) is 0 Å². The molecule has 2 amide bonds. The molecule has 1 heterocycles. The third kappa shape index (κ3) is 4.03. The summed E-state index contributed by atoms with van der Waals surface area (Å²) in [4.78, 5) is 37.8. The van der Waals surface area contributed by atoms with Crippen LogP contribution in [0.2, 0.25) is 0 Å². The van der Waals surface area contributed by atoms with Gasteiger partial charge in [0.05, 0.1) is 5.39 Å². The van der Waals surface area contributed by atoms with Crippen LogP contribution in [0.1, 0.15) is 35.5 Å². The zero-order valence-corrected chi connectivity index (χ0v) is 16.8. The van der Waals surface area contributed by atoms with Gasteiger partial charge in [0.15, 0.2) is 5.69 Å². The Hall–Kier alpha value is -3.48. The number of anilines is 1. The third-order valence-corrected chi connectivity index (χ3v) is 4.87. The maximum Gasteiger partial charge on any atom is 0.275 e. The minimum Gasteiger partial charge on any atom is -0.354 e. The number of para-hydroxylation sites is 1. The zero-order valence-electron chi connectivity index (χ0n) is 16.8. The normalized spacial score (nSPS) is 10.7. The Kier molecular flexibility index (Phi) is 6.07. The largest absolute Gasteiger partial charge is 0.354 e. The summed E-state index contributed by atoms with van der Waals surface area (Å²) >= 11 is 0. The summed E-state index contributed by atoms with van der Waals surface area (Å²) in [7, 11) is 1.49. The molecule has 0 saturated carbocycles. The second-order valence-corrected chi connectivity index (χ2v) is 6.64. The maximum atomic E-state index is 12.8. The predicted octanol–water partition coefficient (Wildman–Crippen LogP) is 2.52. The van der Waals surface area contributed by atoms with Gasteiger partial charge in [-0.3, -0.25) is 14.4 Å². The minimum atomic E-state index is -0.417. The monoisotopic (exact) mass is 392 g/mol. The van der Waals surface area contributed by atoms with Crippen molar-refractivity contribution in [3.63, 3.8) is 0 Å². The van der Waals surface area contributed by atoms with Crippen LogP contribution in [0.5, 0.6) is 0 Å². The highest BCUT2D eigenvalue weighted by molar-refractivity contribution is 6.04. The van der Waals surface area contributed by atoms with Crippen LogP contribution in [0.4, 0.5) is 5.69 Å². The lowest BCUT2D eigenvalue weighted by molar-refractivity contribution is -0.117. The lowest BCUT2D eigenvalue weighted by Crippen LogP contribution is -2.33. The summed E-state index contributed by atoms with van der Waals surface area (Å²) < 4.78 is 1.04. The summed E-state index contributed by atoms with van der Waals surface area (Å²) in [6.07, 6.45) is 1.55. The van der Waals surface area contributed by atoms with Gasteiger partial charge in [-0.25, -0.2) is 4.68 Å². The fraction of sp³-hybridized carbons (Fsp3) is 0.273. The Morgan fingerprint density at radius 1 is 0.966 bits per heavy atom. The molecular weight excluding hydrogens is 368 g/mol. The number of aryl methyl sites for hydroxylation is 2. The van der Waals surface area contributed by atoms with Crippen LogP contribution in [0.25, 0.3) is 10.8 Å². The van der Waals surface area contributed by atoms with Crippen molar-refractivity contribution in [2.75, 3.05) is 12.4 Å². The molecule has 0 unspecified atom stereocenters. The number of aromatic nitrogens is 2. The third-order valence-electron chi connectivity index (χ3n) is 4.87. The number of hydrogen-bond donors (Lipinski definition) is 2. The molecule has 150 valence electrons. The van der Waals surface area contributed by atoms with Gasteiger partial charge >= 0.3 is 0 Å². The number of rotatable bonds is 6. The van der Waals surface area contributed by atoms with Gasteiger partial charge in [0, 0.05) is 18.1 Å². The smallest absolute Gasteiger partial charge is 0.275 e. The van der Waals surface area contributed by atoms with Crippen molar-refractivity contribution in [3.05, 3.63) is 69.6 Å². The van der Waals surface area contributed by atoms with E-state index in [2.05, 4.69) is 15.7 Å². The number of carbonyl (C=O) groups excluding carboxylic acids is 2. The molecule has 0 aliphatic carbocycles. The summed E-state index contributed by atoms with van der Waals surface area (Å²) in [5.41, 5.74) is 2.54. The Balaban J connectivity index is 1.99. The van der Waals surface area contributed by atoms with Gasteiger partial charge in [-0.05, 0) is 30.0 Å². The first-order valence-electron chi connectivity index (χ1n) is 9.62. The lowest BCUT2D eigenvalue weighted by Gasteiger charge is -2.15. The molecule has 0 aliphatic rings. The number of hydrogen-bond acceptors (Lipinski definition) is 4. The van der Waals surface area contributed by atoms with E-state index < -0.39 is 11.5 Å². The van der Waals surface area contributed by atoms with Crippen LogP contribution in [0, 0.1) is 0 Å². The van der Waals surface area contributed by atoms with E-state index in [9.17, 15) is 14.4 Å². The first-order chi connectivity index (χ1) is 14.0. The van der Waals surface area contributed by atoms with E-state index >= 15 is 0 Å². The molecule has 29 heavy (non-hydrogen) atoms. The number of benzene rings is 2. The van der Waals surface area contributed by atoms with Crippen LogP contribution in [-0.4, -0.2) is 28.6 Å². The molecule has 7 heteroatoms. The molecule has 1 aromatic heterocycles. The van der Waals surface area contributed by atoms with Crippen molar-refractivity contribution in [2.24, 2.45) is 0 Å². The van der Waals surface area contributed by atoms with Crippen molar-refractivity contribution in [1.29, 1.82) is 0 Å². The Morgan fingerprint density at radius 2 is 1.59 bits per heavy atom. The SMILES string of the molecule is CCc1cccc(CC)c1NC(=O)Cn1nc(C(=O)NC)c2ccccc2c1=O. The molecule has 0 atom stereocenters. The molecule has 7 nitrogen and oxygen atoms in total. The maximum absolute atomic E-state index is 12.8. The Morgan fingerprint density at radius 3 is 2.17 bits per heavy atom. The summed E-state index contributed by atoms with van der Waals surface area (Å²) in [6, 6.07) is 12.7. The number of carbonyl (C=O) groups is 2. The van der Waals surface area contributed by atoms with Crippen molar-refractivity contribution >= 4 is 28.3 Å². The van der Waals surface area contributed by atoms with Crippen LogP contribution in [0.3, 0.4) is 0 Å². The molecule has 2 N–H and O–H groups in total. The second kappa shape index (κ2) is 8.68. The van der Waals surface area contributed by atoms with Crippen LogP contribution in [0.15, 0.2) is 47.3 Å². The van der Waals surface area contributed by atoms with Crippen molar-refractivity contribution in [3.8, 4) is 0 Å². The van der Waals surface area contributed by atoms with E-state index in [0.717, 1.165) is 34.3 Å². The Labute approximate surface area is 168 Å². The van der Waals surface area contributed by atoms with E-state index in [1.807, 2.05) is 32.0 Å². The highest BCUT2D eigenvalue weighted by Crippen LogP contribution is 2.22. The number of amides is 2. The Bertz CT molecular complexity index is 1110. The molecular formula is C22H24N4O3. The average Bonchev–Trinajstić information content (AvgIpc) is 2.75. The topological polar surface area (TPSA) is 93.1 Å². The second-order valence-electron chi connectivity index (χ2n) is 6.64. The first-order valence-corrected chi connectivity index (χ1v) is 9.62. The van der Waals surface area contributed by atoms with Gasteiger partial charge < -0.3 is 10.6 Å². The van der Waals surface area contributed by atoms with Gasteiger partial charge in [0.2, 0.25) is 5.91 Å². The quantitative estimate of drug-likeness (QED) is 0.674. The molecule has 0 fully saturated rings. The number of nitrogens with one attached hydrogen (secondary N) is 2. The van der Waals surface area contributed by atoms with Crippen LogP contribution in [-0.2, 0) is 24.2 Å². The molecule has 0 bridgehead atoms. The zero-order chi connectivity index (χ0) is 21.0. The van der Waals surface area contributed by atoms with Crippen molar-refractivity contribution in [1.82, 2.24) is 15.1 Å². The van der Waals surface area contributed by atoms with Crippen molar-refractivity contribution in [2.45, 2.75) is 33.2 Å². The van der Waals surface area contributed by atoms with Gasteiger partial charge in [0.1, 0.15) is 6.54 Å². The molecule has 0 spiro atoms. The fourth-order valence-electron chi connectivity index (χ4n) is 3.35. The van der Waals surface area contributed by atoms with E-state index in [1.54, 1.807) is 24.3 Å². The molecule has 0 radical (unpaired) electrons. The average molecular weight is 392 g/mol. The minimum absolute atomic E-state index is 0.110. The summed E-state index contributed by atoms with van der Waals surface area (Å²) in [5.74, 6) is -0.784. The highest BCUT2D eigenvalue weighted by atomic mass is 16.2. The van der Waals surface area contributed by atoms with Gasteiger partial charge in [-0.2, -0.15) is 5.10 Å². The van der Waals surface area contributed by atoms with E-state index in [-0.39, 0.29) is 18.1 Å². The van der Waals surface area contributed by atoms with Crippen LogP contribution >= 0.6 is 0 Å². The predicted molar refractivity (Wildman–Crippen MR) is 113 cm³/mol. The summed E-state index contributed by atoms with van der Waals surface area (Å²) in [6.45, 7) is 3.76. The lowest BCUT2D eigenvalue weighted by atomic mass is 10.0. The number of nitrogens with zero attached hydrogens (tertiary/aromatic N) is 2.